The second kappa shape index (κ2) is 6.35. The summed E-state index contributed by atoms with van der Waals surface area (Å²) in [6.45, 7) is 3.23. The van der Waals surface area contributed by atoms with Crippen molar-refractivity contribution in [1.29, 1.82) is 5.41 Å². The molecule has 0 spiro atoms. The van der Waals surface area contributed by atoms with Crippen molar-refractivity contribution in [2.45, 2.75) is 13.8 Å². The molecule has 2 N–H and O–H groups in total. The van der Waals surface area contributed by atoms with Gasteiger partial charge in [0.15, 0.2) is 0 Å². The van der Waals surface area contributed by atoms with Crippen molar-refractivity contribution in [2.75, 3.05) is 6.61 Å². The molecule has 1 rings (SSSR count). The number of benzene rings is 1. The van der Waals surface area contributed by atoms with E-state index in [2.05, 4.69) is 15.9 Å². The number of allylic oxidation sites excluding steroid dienone is 1. The fraction of sp³-hybridized carbons (Fsp3) is 0.231. The predicted molar refractivity (Wildman–Crippen MR) is 72.9 cm³/mol. The smallest absolute Gasteiger partial charge is 0.343 e. The molecule has 0 fully saturated rings. The molecule has 0 unspecified atom stereocenters. The number of carbonyl (C=O) groups is 1. The normalized spacial score (nSPS) is 11.7. The monoisotopic (exact) mass is 311 g/mol. The largest absolute Gasteiger partial charge is 0.512 e. The van der Waals surface area contributed by atoms with Gasteiger partial charge in [0.25, 0.3) is 0 Å². The number of aliphatic hydroxyl groups is 1. The van der Waals surface area contributed by atoms with Gasteiger partial charge >= 0.3 is 5.97 Å². The number of hydrogen-bond acceptors (Lipinski definition) is 4. The van der Waals surface area contributed by atoms with Gasteiger partial charge in [-0.25, -0.2) is 4.79 Å². The van der Waals surface area contributed by atoms with E-state index in [0.29, 0.717) is 5.56 Å². The van der Waals surface area contributed by atoms with Crippen LogP contribution in [0.1, 0.15) is 19.4 Å². The molecular weight excluding hydrogens is 298 g/mol. The van der Waals surface area contributed by atoms with Gasteiger partial charge < -0.3 is 9.84 Å². The summed E-state index contributed by atoms with van der Waals surface area (Å²) in [5, 5.41) is 17.5. The van der Waals surface area contributed by atoms with E-state index in [-0.39, 0.29) is 23.7 Å². The highest BCUT2D eigenvalue weighted by Gasteiger charge is 2.20. The molecule has 0 heterocycles. The number of nitrogens with one attached hydrogen (secondary N) is 1. The first-order valence-electron chi connectivity index (χ1n) is 5.39. The Balaban J connectivity index is 3.09. The maximum absolute atomic E-state index is 11.7. The molecule has 0 saturated heterocycles. The average molecular weight is 312 g/mol. The van der Waals surface area contributed by atoms with Crippen molar-refractivity contribution in [3.05, 3.63) is 45.6 Å². The van der Waals surface area contributed by atoms with Crippen LogP contribution in [0.25, 0.3) is 0 Å². The van der Waals surface area contributed by atoms with Crippen molar-refractivity contribution in [3.63, 3.8) is 0 Å². The van der Waals surface area contributed by atoms with Crippen molar-refractivity contribution in [1.82, 2.24) is 0 Å². The zero-order valence-electron chi connectivity index (χ0n) is 10.2. The van der Waals surface area contributed by atoms with Gasteiger partial charge in [-0.15, -0.1) is 0 Å². The second-order valence-electron chi connectivity index (χ2n) is 3.56. The van der Waals surface area contributed by atoms with Gasteiger partial charge in [-0.1, -0.05) is 28.1 Å². The molecule has 0 radical (unpaired) electrons. The third-order valence-electron chi connectivity index (χ3n) is 2.22. The van der Waals surface area contributed by atoms with Crippen LogP contribution in [0.4, 0.5) is 0 Å². The molecule has 0 saturated carbocycles. The SMILES string of the molecule is CCOC(=O)C(C(=N)c1ccc(Br)cc1)=C(C)O. The Kier molecular flexibility index (Phi) is 5.09. The molecule has 0 aliphatic heterocycles. The summed E-state index contributed by atoms with van der Waals surface area (Å²) in [5.41, 5.74) is 0.370. The molecular formula is C13H14BrNO3. The zero-order chi connectivity index (χ0) is 13.7. The van der Waals surface area contributed by atoms with Crippen LogP contribution in [-0.2, 0) is 9.53 Å². The Hall–Kier alpha value is -1.62. The quantitative estimate of drug-likeness (QED) is 0.388. The summed E-state index contributed by atoms with van der Waals surface area (Å²) < 4.78 is 5.70. The van der Waals surface area contributed by atoms with Crippen LogP contribution in [0.5, 0.6) is 0 Å². The minimum Gasteiger partial charge on any atom is -0.512 e. The number of halogens is 1. The summed E-state index contributed by atoms with van der Waals surface area (Å²) in [5.74, 6) is -0.910. The van der Waals surface area contributed by atoms with Crippen LogP contribution in [0.15, 0.2) is 40.1 Å². The van der Waals surface area contributed by atoms with Gasteiger partial charge in [0.1, 0.15) is 11.3 Å². The van der Waals surface area contributed by atoms with E-state index in [0.717, 1.165) is 4.47 Å². The summed E-state index contributed by atoms with van der Waals surface area (Å²) in [4.78, 5) is 11.7. The highest BCUT2D eigenvalue weighted by Crippen LogP contribution is 2.16. The summed E-state index contributed by atoms with van der Waals surface area (Å²) in [7, 11) is 0. The van der Waals surface area contributed by atoms with E-state index < -0.39 is 5.97 Å². The molecule has 0 aliphatic carbocycles. The van der Waals surface area contributed by atoms with E-state index in [4.69, 9.17) is 10.1 Å². The van der Waals surface area contributed by atoms with Gasteiger partial charge in [0.05, 0.1) is 12.3 Å². The van der Waals surface area contributed by atoms with Crippen LogP contribution < -0.4 is 0 Å². The lowest BCUT2D eigenvalue weighted by molar-refractivity contribution is -0.138. The third kappa shape index (κ3) is 3.43. The molecule has 1 aromatic carbocycles. The molecule has 0 atom stereocenters. The van der Waals surface area contributed by atoms with Gasteiger partial charge in [-0.2, -0.15) is 0 Å². The second-order valence-corrected chi connectivity index (χ2v) is 4.48. The number of hydrogen-bond donors (Lipinski definition) is 2. The summed E-state index contributed by atoms with van der Waals surface area (Å²) in [6, 6.07) is 6.90. The number of ether oxygens (including phenoxy) is 1. The number of aliphatic hydroxyl groups excluding tert-OH is 1. The van der Waals surface area contributed by atoms with Crippen LogP contribution >= 0.6 is 15.9 Å². The van der Waals surface area contributed by atoms with Crippen LogP contribution in [0.2, 0.25) is 0 Å². The number of esters is 1. The lowest BCUT2D eigenvalue weighted by Crippen LogP contribution is -2.18. The standard InChI is InChI=1S/C13H14BrNO3/c1-3-18-13(17)11(8(2)16)12(15)9-4-6-10(14)7-5-9/h4-7,15-16H,3H2,1-2H3. The third-order valence-corrected chi connectivity index (χ3v) is 2.75. The molecule has 4 nitrogen and oxygen atoms in total. The maximum atomic E-state index is 11.7. The molecule has 5 heteroatoms. The van der Waals surface area contributed by atoms with Gasteiger partial charge in [0, 0.05) is 10.0 Å². The first-order chi connectivity index (χ1) is 8.47. The molecule has 96 valence electrons. The van der Waals surface area contributed by atoms with Crippen LogP contribution in [0.3, 0.4) is 0 Å². The van der Waals surface area contributed by atoms with E-state index in [1.807, 2.05) is 0 Å². The van der Waals surface area contributed by atoms with E-state index in [1.165, 1.54) is 6.92 Å². The van der Waals surface area contributed by atoms with Crippen molar-refractivity contribution in [2.24, 2.45) is 0 Å². The van der Waals surface area contributed by atoms with Crippen molar-refractivity contribution in [3.8, 4) is 0 Å². The molecule has 18 heavy (non-hydrogen) atoms. The van der Waals surface area contributed by atoms with Crippen LogP contribution in [-0.4, -0.2) is 23.4 Å². The first-order valence-corrected chi connectivity index (χ1v) is 6.18. The molecule has 1 aromatic rings. The Bertz CT molecular complexity index is 487. The van der Waals surface area contributed by atoms with E-state index in [1.54, 1.807) is 31.2 Å². The Morgan fingerprint density at radius 3 is 2.39 bits per heavy atom. The minimum atomic E-state index is -0.689. The average Bonchev–Trinajstić information content (AvgIpc) is 2.29. The molecule has 0 amide bonds. The fourth-order valence-corrected chi connectivity index (χ4v) is 1.66. The maximum Gasteiger partial charge on any atom is 0.343 e. The highest BCUT2D eigenvalue weighted by atomic mass is 79.9. The van der Waals surface area contributed by atoms with Gasteiger partial charge in [0.2, 0.25) is 0 Å². The first kappa shape index (κ1) is 14.4. The molecule has 0 bridgehead atoms. The zero-order valence-corrected chi connectivity index (χ0v) is 11.7. The van der Waals surface area contributed by atoms with Crippen molar-refractivity contribution >= 4 is 27.6 Å². The number of carbonyl (C=O) groups excluding carboxylic acids is 1. The Morgan fingerprint density at radius 1 is 1.39 bits per heavy atom. The summed E-state index contributed by atoms with van der Waals surface area (Å²) >= 11 is 3.29. The Labute approximate surface area is 114 Å². The number of rotatable bonds is 4. The van der Waals surface area contributed by atoms with Gasteiger partial charge in [-0.3, -0.25) is 5.41 Å². The van der Waals surface area contributed by atoms with E-state index >= 15 is 0 Å². The molecule has 0 aliphatic rings. The molecule has 0 aromatic heterocycles. The highest BCUT2D eigenvalue weighted by molar-refractivity contribution is 9.10. The fourth-order valence-electron chi connectivity index (χ4n) is 1.39. The van der Waals surface area contributed by atoms with E-state index in [9.17, 15) is 9.90 Å². The topological polar surface area (TPSA) is 70.4 Å². The lowest BCUT2D eigenvalue weighted by atomic mass is 10.0. The minimum absolute atomic E-state index is 0.0547. The van der Waals surface area contributed by atoms with Crippen molar-refractivity contribution < 1.29 is 14.6 Å². The van der Waals surface area contributed by atoms with Crippen LogP contribution in [0, 0.1) is 5.41 Å². The van der Waals surface area contributed by atoms with Gasteiger partial charge in [-0.05, 0) is 26.0 Å². The summed E-state index contributed by atoms with van der Waals surface area (Å²) in [6.07, 6.45) is 0. The Morgan fingerprint density at radius 2 is 1.94 bits per heavy atom. The predicted octanol–water partition coefficient (Wildman–Crippen LogP) is 3.21. The lowest BCUT2D eigenvalue weighted by Gasteiger charge is -2.09.